The zero-order valence-corrected chi connectivity index (χ0v) is 13.3. The van der Waals surface area contributed by atoms with E-state index in [9.17, 15) is 19.8 Å². The molecule has 2 N–H and O–H groups in total. The predicted molar refractivity (Wildman–Crippen MR) is 79.5 cm³/mol. The summed E-state index contributed by atoms with van der Waals surface area (Å²) in [6.07, 6.45) is 1.16. The predicted octanol–water partition coefficient (Wildman–Crippen LogP) is 3.19. The van der Waals surface area contributed by atoms with Crippen molar-refractivity contribution >= 4 is 11.6 Å². The average molecular weight is 284 g/mol. The third-order valence-corrected chi connectivity index (χ3v) is 3.43. The molecule has 4 nitrogen and oxygen atoms in total. The van der Waals surface area contributed by atoms with Crippen molar-refractivity contribution in [3.8, 4) is 0 Å². The molecule has 0 rings (SSSR count). The molecule has 116 valence electrons. The first-order valence-corrected chi connectivity index (χ1v) is 7.40. The third-order valence-electron chi connectivity index (χ3n) is 3.43. The molecule has 4 heteroatoms. The molecule has 0 spiro atoms. The number of carbonyl (C=O) groups excluding carboxylic acids is 2. The number of Topliss-reactive ketones (excluding diaryl/α,β-unsaturated/α-hetero) is 2. The van der Waals surface area contributed by atoms with Crippen LogP contribution >= 0.6 is 0 Å². The lowest BCUT2D eigenvalue weighted by molar-refractivity contribution is -0.126. The van der Waals surface area contributed by atoms with Gasteiger partial charge in [0.25, 0.3) is 0 Å². The van der Waals surface area contributed by atoms with E-state index in [1.807, 2.05) is 6.92 Å². The summed E-state index contributed by atoms with van der Waals surface area (Å²) in [6.45, 7) is 9.08. The van der Waals surface area contributed by atoms with Crippen LogP contribution in [0.1, 0.15) is 60.3 Å². The van der Waals surface area contributed by atoms with Crippen LogP contribution < -0.4 is 0 Å². The molecule has 0 aliphatic carbocycles. The van der Waals surface area contributed by atoms with E-state index in [1.165, 1.54) is 6.92 Å². The van der Waals surface area contributed by atoms with Crippen LogP contribution in [0.3, 0.4) is 0 Å². The van der Waals surface area contributed by atoms with E-state index in [-0.39, 0.29) is 29.5 Å². The Kier molecular flexibility index (Phi) is 8.39. The van der Waals surface area contributed by atoms with E-state index in [1.54, 1.807) is 6.92 Å². The van der Waals surface area contributed by atoms with Crippen molar-refractivity contribution in [2.24, 2.45) is 11.8 Å². The highest BCUT2D eigenvalue weighted by atomic mass is 16.3. The minimum atomic E-state index is -1.27. The molecule has 0 bridgehead atoms. The quantitative estimate of drug-likeness (QED) is 0.295. The van der Waals surface area contributed by atoms with Crippen molar-refractivity contribution in [3.63, 3.8) is 0 Å². The number of aliphatic hydroxyl groups is 2. The second-order valence-corrected chi connectivity index (χ2v) is 5.82. The van der Waals surface area contributed by atoms with Gasteiger partial charge in [0.05, 0.1) is 0 Å². The van der Waals surface area contributed by atoms with Gasteiger partial charge in [-0.25, -0.2) is 0 Å². The lowest BCUT2D eigenvalue weighted by atomic mass is 9.92. The number of aliphatic hydroxyl groups excluding tert-OH is 2. The summed E-state index contributed by atoms with van der Waals surface area (Å²) in [4.78, 5) is 24.1. The van der Waals surface area contributed by atoms with Gasteiger partial charge in [-0.15, -0.1) is 0 Å². The fourth-order valence-electron chi connectivity index (χ4n) is 1.85. The van der Waals surface area contributed by atoms with Gasteiger partial charge < -0.3 is 10.2 Å². The Balaban J connectivity index is 5.14. The van der Waals surface area contributed by atoms with Crippen molar-refractivity contribution in [1.29, 1.82) is 0 Å². The van der Waals surface area contributed by atoms with Crippen LogP contribution in [-0.4, -0.2) is 27.9 Å². The van der Waals surface area contributed by atoms with Crippen LogP contribution in [0.4, 0.5) is 0 Å². The molecule has 0 saturated carbocycles. The summed E-state index contributed by atoms with van der Waals surface area (Å²) in [5.41, 5.74) is -0.210. The van der Waals surface area contributed by atoms with Crippen LogP contribution in [0.2, 0.25) is 0 Å². The molecule has 0 aliphatic heterocycles. The number of carbonyl (C=O) groups is 2. The highest BCUT2D eigenvalue weighted by Gasteiger charge is 2.27. The molecule has 0 aromatic rings. The van der Waals surface area contributed by atoms with E-state index >= 15 is 0 Å². The molecule has 2 unspecified atom stereocenters. The van der Waals surface area contributed by atoms with Gasteiger partial charge in [-0.05, 0) is 25.7 Å². The zero-order chi connectivity index (χ0) is 15.9. The number of hydrogen-bond acceptors (Lipinski definition) is 4. The maximum atomic E-state index is 12.2. The van der Waals surface area contributed by atoms with E-state index in [0.29, 0.717) is 18.8 Å². The molecule has 2 atom stereocenters. The molecule has 0 aromatic carbocycles. The standard InChI is InChI=1S/C16H28O4/c1-6-11(4)15(19)14(16(20)12(5)17)13(18)9-7-8-10(2)3/h10-12,17,19H,6-9H2,1-5H3. The third kappa shape index (κ3) is 5.87. The van der Waals surface area contributed by atoms with E-state index in [2.05, 4.69) is 13.8 Å². The first-order chi connectivity index (χ1) is 9.22. The summed E-state index contributed by atoms with van der Waals surface area (Å²) < 4.78 is 0. The van der Waals surface area contributed by atoms with E-state index in [4.69, 9.17) is 0 Å². The maximum Gasteiger partial charge on any atom is 0.197 e. The Morgan fingerprint density at radius 2 is 1.65 bits per heavy atom. The van der Waals surface area contributed by atoms with Crippen LogP contribution in [0.15, 0.2) is 11.3 Å². The highest BCUT2D eigenvalue weighted by Crippen LogP contribution is 2.20. The van der Waals surface area contributed by atoms with Crippen molar-refractivity contribution in [1.82, 2.24) is 0 Å². The topological polar surface area (TPSA) is 74.6 Å². The lowest BCUT2D eigenvalue weighted by Gasteiger charge is -2.15. The molecule has 0 saturated heterocycles. The summed E-state index contributed by atoms with van der Waals surface area (Å²) in [5.74, 6) is -1.01. The molecule has 0 heterocycles. The molecule has 0 aromatic heterocycles. The molecular formula is C16H28O4. The Bertz CT molecular complexity index is 367. The Labute approximate surface area is 121 Å². The van der Waals surface area contributed by atoms with Crippen molar-refractivity contribution in [2.45, 2.75) is 66.4 Å². The monoisotopic (exact) mass is 284 g/mol. The van der Waals surface area contributed by atoms with E-state index in [0.717, 1.165) is 6.42 Å². The molecule has 0 radical (unpaired) electrons. The summed E-state index contributed by atoms with van der Waals surface area (Å²) >= 11 is 0. The number of ketones is 2. The Morgan fingerprint density at radius 3 is 2.05 bits per heavy atom. The molecule has 0 fully saturated rings. The minimum Gasteiger partial charge on any atom is -0.511 e. The Hall–Kier alpha value is -1.16. The van der Waals surface area contributed by atoms with Gasteiger partial charge in [0.15, 0.2) is 11.6 Å². The SMILES string of the molecule is CCC(C)C(O)=C(C(=O)CCCC(C)C)C(=O)C(C)O. The van der Waals surface area contributed by atoms with Crippen LogP contribution in [0.5, 0.6) is 0 Å². The second kappa shape index (κ2) is 8.90. The fourth-order valence-corrected chi connectivity index (χ4v) is 1.85. The summed E-state index contributed by atoms with van der Waals surface area (Å²) in [5, 5.41) is 19.5. The van der Waals surface area contributed by atoms with Crippen molar-refractivity contribution in [2.75, 3.05) is 0 Å². The first kappa shape index (κ1) is 18.8. The van der Waals surface area contributed by atoms with Crippen LogP contribution in [0, 0.1) is 11.8 Å². The number of hydrogen-bond donors (Lipinski definition) is 2. The van der Waals surface area contributed by atoms with Gasteiger partial charge in [0.1, 0.15) is 17.4 Å². The van der Waals surface area contributed by atoms with Gasteiger partial charge in [-0.2, -0.15) is 0 Å². The Morgan fingerprint density at radius 1 is 1.10 bits per heavy atom. The van der Waals surface area contributed by atoms with Gasteiger partial charge in [0, 0.05) is 12.3 Å². The molecule has 0 amide bonds. The first-order valence-electron chi connectivity index (χ1n) is 7.40. The van der Waals surface area contributed by atoms with Crippen molar-refractivity contribution in [3.05, 3.63) is 11.3 Å². The van der Waals surface area contributed by atoms with Gasteiger partial charge >= 0.3 is 0 Å². The van der Waals surface area contributed by atoms with Gasteiger partial charge in [-0.1, -0.05) is 34.1 Å². The zero-order valence-electron chi connectivity index (χ0n) is 13.3. The van der Waals surface area contributed by atoms with Crippen LogP contribution in [-0.2, 0) is 9.59 Å². The van der Waals surface area contributed by atoms with Gasteiger partial charge in [-0.3, -0.25) is 9.59 Å². The molecular weight excluding hydrogens is 256 g/mol. The number of allylic oxidation sites excluding steroid dienone is 1. The molecule has 20 heavy (non-hydrogen) atoms. The van der Waals surface area contributed by atoms with Gasteiger partial charge in [0.2, 0.25) is 0 Å². The summed E-state index contributed by atoms with van der Waals surface area (Å²) in [7, 11) is 0. The van der Waals surface area contributed by atoms with E-state index < -0.39 is 11.9 Å². The maximum absolute atomic E-state index is 12.2. The fraction of sp³-hybridized carbons (Fsp3) is 0.750. The van der Waals surface area contributed by atoms with Crippen LogP contribution in [0.25, 0.3) is 0 Å². The average Bonchev–Trinajstić information content (AvgIpc) is 2.37. The second-order valence-electron chi connectivity index (χ2n) is 5.82. The van der Waals surface area contributed by atoms with Crippen molar-refractivity contribution < 1.29 is 19.8 Å². The minimum absolute atomic E-state index is 0.187. The number of rotatable bonds is 9. The normalized spacial score (nSPS) is 15.8. The lowest BCUT2D eigenvalue weighted by Crippen LogP contribution is -2.26. The highest BCUT2D eigenvalue weighted by molar-refractivity contribution is 6.21. The smallest absolute Gasteiger partial charge is 0.197 e. The molecule has 0 aliphatic rings. The summed E-state index contributed by atoms with van der Waals surface area (Å²) in [6, 6.07) is 0. The largest absolute Gasteiger partial charge is 0.511 e.